The number of Topliss-reactive ketones (excluding diaryl/α,β-unsaturated/α-hetero) is 1. The number of ketones is 1. The number of hydrogen-bond acceptors (Lipinski definition) is 7. The minimum atomic E-state index is -1.31. The third kappa shape index (κ3) is 6.69. The van der Waals surface area contributed by atoms with E-state index < -0.39 is 24.4 Å². The Morgan fingerprint density at radius 1 is 1.18 bits per heavy atom. The van der Waals surface area contributed by atoms with Gasteiger partial charge in [-0.1, -0.05) is 18.2 Å². The fourth-order valence-electron chi connectivity index (χ4n) is 3.69. The van der Waals surface area contributed by atoms with Crippen LogP contribution < -0.4 is 4.74 Å². The van der Waals surface area contributed by atoms with Gasteiger partial charge in [-0.15, -0.1) is 11.3 Å². The van der Waals surface area contributed by atoms with Crippen LogP contribution in [0.1, 0.15) is 48.2 Å². The van der Waals surface area contributed by atoms with E-state index in [-0.39, 0.29) is 23.5 Å². The normalized spacial score (nSPS) is 16.1. The Morgan fingerprint density at radius 2 is 1.85 bits per heavy atom. The fourth-order valence-corrected chi connectivity index (χ4v) is 4.74. The predicted molar refractivity (Wildman–Crippen MR) is 117 cm³/mol. The number of rotatable bonds is 7. The Bertz CT molecular complexity index is 1050. The molecule has 2 aliphatic rings. The number of esters is 1. The van der Waals surface area contributed by atoms with Gasteiger partial charge in [0.1, 0.15) is 12.2 Å². The number of carbonyl (C=O) groups excluding carboxylic acids is 2. The Hall–Kier alpha value is -3.11. The molecule has 8 nitrogen and oxygen atoms in total. The van der Waals surface area contributed by atoms with E-state index in [2.05, 4.69) is 4.90 Å². The number of thiophene rings is 1. The summed E-state index contributed by atoms with van der Waals surface area (Å²) >= 11 is 1.47. The second kappa shape index (κ2) is 10.7. The SMILES string of the molecule is CC(=O)Oc1cc2c(s1)CCN(C(C(=O)C1CC1)c1ccccc1F)C2.O=C(O)CC(=O)O. The zero-order chi connectivity index (χ0) is 24.1. The number of ether oxygens (including phenoxy) is 1. The van der Waals surface area contributed by atoms with Crippen molar-refractivity contribution < 1.29 is 38.5 Å². The smallest absolute Gasteiger partial charge is 0.314 e. The number of carboxylic acid groups (broad SMARTS) is 2. The summed E-state index contributed by atoms with van der Waals surface area (Å²) in [4.78, 5) is 46.2. The van der Waals surface area contributed by atoms with Crippen LogP contribution in [-0.4, -0.2) is 45.3 Å². The van der Waals surface area contributed by atoms with Crippen LogP contribution in [0.4, 0.5) is 4.39 Å². The van der Waals surface area contributed by atoms with Crippen LogP contribution in [0.3, 0.4) is 0 Å². The highest BCUT2D eigenvalue weighted by molar-refractivity contribution is 7.14. The van der Waals surface area contributed by atoms with Gasteiger partial charge in [-0.2, -0.15) is 0 Å². The Morgan fingerprint density at radius 3 is 2.39 bits per heavy atom. The molecule has 0 bridgehead atoms. The van der Waals surface area contributed by atoms with Gasteiger partial charge < -0.3 is 14.9 Å². The molecule has 4 rings (SSSR count). The molecular weight excluding hydrogens is 453 g/mol. The molecule has 33 heavy (non-hydrogen) atoms. The van der Waals surface area contributed by atoms with E-state index in [0.717, 1.165) is 24.8 Å². The molecule has 1 saturated carbocycles. The van der Waals surface area contributed by atoms with E-state index in [1.54, 1.807) is 18.2 Å². The highest BCUT2D eigenvalue weighted by atomic mass is 32.1. The number of carboxylic acids is 2. The number of halogens is 1. The first-order chi connectivity index (χ1) is 15.7. The van der Waals surface area contributed by atoms with Gasteiger partial charge in [0.05, 0.1) is 6.04 Å². The maximum atomic E-state index is 14.4. The summed E-state index contributed by atoms with van der Waals surface area (Å²) in [6.07, 6.45) is 1.76. The third-order valence-electron chi connectivity index (χ3n) is 5.23. The molecule has 176 valence electrons. The number of fused-ring (bicyclic) bond motifs is 1. The standard InChI is InChI=1S/C20H20FNO3S.C3H4O4/c1-12(23)25-18-10-14-11-22(9-8-17(14)26-18)19(20(24)13-6-7-13)15-4-2-3-5-16(15)21;4-2(5)1-3(6)7/h2-5,10,13,19H,6-9,11H2,1H3;1H2,(H,4,5)(H,6,7). The molecule has 10 heteroatoms. The lowest BCUT2D eigenvalue weighted by Crippen LogP contribution is -2.38. The molecule has 1 aromatic carbocycles. The fraction of sp³-hybridized carbons (Fsp3) is 0.391. The second-order valence-corrected chi connectivity index (χ2v) is 8.99. The van der Waals surface area contributed by atoms with Gasteiger partial charge in [0.25, 0.3) is 0 Å². The Kier molecular flexibility index (Phi) is 7.93. The lowest BCUT2D eigenvalue weighted by atomic mass is 9.95. The zero-order valence-corrected chi connectivity index (χ0v) is 18.8. The number of carbonyl (C=O) groups is 4. The number of benzene rings is 1. The summed E-state index contributed by atoms with van der Waals surface area (Å²) < 4.78 is 19.6. The van der Waals surface area contributed by atoms with Crippen molar-refractivity contribution in [3.8, 4) is 5.06 Å². The van der Waals surface area contributed by atoms with Crippen LogP contribution in [0, 0.1) is 11.7 Å². The zero-order valence-electron chi connectivity index (χ0n) is 18.0. The molecule has 0 amide bonds. The summed E-state index contributed by atoms with van der Waals surface area (Å²) in [5.41, 5.74) is 1.52. The molecule has 1 atom stereocenters. The van der Waals surface area contributed by atoms with Crippen molar-refractivity contribution in [3.05, 3.63) is 52.2 Å². The molecule has 1 aliphatic heterocycles. The first-order valence-corrected chi connectivity index (χ1v) is 11.2. The van der Waals surface area contributed by atoms with E-state index in [4.69, 9.17) is 14.9 Å². The largest absolute Gasteiger partial charge is 0.481 e. The maximum absolute atomic E-state index is 14.4. The Labute approximate surface area is 193 Å². The average molecular weight is 478 g/mol. The van der Waals surface area contributed by atoms with Crippen molar-refractivity contribution in [2.24, 2.45) is 5.92 Å². The van der Waals surface area contributed by atoms with Gasteiger partial charge in [0.15, 0.2) is 10.8 Å². The number of nitrogens with zero attached hydrogens (tertiary/aromatic N) is 1. The summed E-state index contributed by atoms with van der Waals surface area (Å²) in [7, 11) is 0. The van der Waals surface area contributed by atoms with Gasteiger partial charge in [-0.3, -0.25) is 24.1 Å². The average Bonchev–Trinajstić information content (AvgIpc) is 3.49. The van der Waals surface area contributed by atoms with Crippen molar-refractivity contribution >= 4 is 35.0 Å². The van der Waals surface area contributed by atoms with Crippen molar-refractivity contribution in [1.82, 2.24) is 4.90 Å². The minimum absolute atomic E-state index is 0.0556. The van der Waals surface area contributed by atoms with Gasteiger partial charge >= 0.3 is 17.9 Å². The van der Waals surface area contributed by atoms with Gasteiger partial charge in [-0.25, -0.2) is 4.39 Å². The molecule has 2 aromatic rings. The summed E-state index contributed by atoms with van der Waals surface area (Å²) in [5.74, 6) is -3.12. The molecule has 0 spiro atoms. The monoisotopic (exact) mass is 477 g/mol. The minimum Gasteiger partial charge on any atom is -0.481 e. The molecule has 2 heterocycles. The van der Waals surface area contributed by atoms with Crippen molar-refractivity contribution in [1.29, 1.82) is 0 Å². The van der Waals surface area contributed by atoms with Crippen LogP contribution in [0.25, 0.3) is 0 Å². The first kappa shape index (κ1) is 24.5. The number of aliphatic carboxylic acids is 2. The van der Waals surface area contributed by atoms with E-state index in [1.165, 1.54) is 29.2 Å². The van der Waals surface area contributed by atoms with Gasteiger partial charge in [-0.05, 0) is 37.0 Å². The highest BCUT2D eigenvalue weighted by Gasteiger charge is 2.40. The van der Waals surface area contributed by atoms with Crippen molar-refractivity contribution in [3.63, 3.8) is 0 Å². The molecule has 0 saturated heterocycles. The van der Waals surface area contributed by atoms with Crippen LogP contribution in [0.2, 0.25) is 0 Å². The van der Waals surface area contributed by atoms with Crippen LogP contribution >= 0.6 is 11.3 Å². The quantitative estimate of drug-likeness (QED) is 0.460. The van der Waals surface area contributed by atoms with E-state index >= 15 is 0 Å². The second-order valence-electron chi connectivity index (χ2n) is 7.89. The highest BCUT2D eigenvalue weighted by Crippen LogP contribution is 2.41. The van der Waals surface area contributed by atoms with Crippen molar-refractivity contribution in [2.75, 3.05) is 6.54 Å². The number of hydrogen-bond donors (Lipinski definition) is 2. The summed E-state index contributed by atoms with van der Waals surface area (Å²) in [6, 6.07) is 7.89. The summed E-state index contributed by atoms with van der Waals surface area (Å²) in [6.45, 7) is 2.63. The molecule has 1 aliphatic carbocycles. The molecule has 1 unspecified atom stereocenters. The molecule has 1 aromatic heterocycles. The topological polar surface area (TPSA) is 121 Å². The maximum Gasteiger partial charge on any atom is 0.314 e. The van der Waals surface area contributed by atoms with Crippen LogP contribution in [0.15, 0.2) is 30.3 Å². The van der Waals surface area contributed by atoms with E-state index in [1.807, 2.05) is 6.07 Å². The molecule has 1 fully saturated rings. The van der Waals surface area contributed by atoms with E-state index in [9.17, 15) is 23.6 Å². The summed E-state index contributed by atoms with van der Waals surface area (Å²) in [5, 5.41) is 16.0. The lowest BCUT2D eigenvalue weighted by molar-refractivity contribution is -0.147. The Balaban J connectivity index is 0.000000383. The molecule has 0 radical (unpaired) electrons. The van der Waals surface area contributed by atoms with Crippen LogP contribution in [0.5, 0.6) is 5.06 Å². The van der Waals surface area contributed by atoms with Gasteiger partial charge in [0, 0.05) is 36.4 Å². The third-order valence-corrected chi connectivity index (χ3v) is 6.35. The van der Waals surface area contributed by atoms with Gasteiger partial charge in [0.2, 0.25) is 0 Å². The molecular formula is C23H24FNO7S. The van der Waals surface area contributed by atoms with Crippen molar-refractivity contribution in [2.45, 2.75) is 45.2 Å². The predicted octanol–water partition coefficient (Wildman–Crippen LogP) is 3.44. The lowest BCUT2D eigenvalue weighted by Gasteiger charge is -2.34. The van der Waals surface area contributed by atoms with Crippen LogP contribution in [-0.2, 0) is 32.1 Å². The van der Waals surface area contributed by atoms with E-state index in [0.29, 0.717) is 23.7 Å². The molecule has 2 N–H and O–H groups in total. The first-order valence-electron chi connectivity index (χ1n) is 10.4.